The molecule has 0 aliphatic heterocycles. The molecular weight excluding hydrogens is 368 g/mol. The van der Waals surface area contributed by atoms with Crippen LogP contribution in [-0.4, -0.2) is 46.0 Å². The molecule has 2 heterocycles. The summed E-state index contributed by atoms with van der Waals surface area (Å²) < 4.78 is 0. The SMILES string of the molecule is Cc1nnc(-c2ccc3cnc(CC(=O)C4CCC(N(C)C)CC4)cc3c2)s1. The smallest absolute Gasteiger partial charge is 0.147 e. The number of pyridine rings is 1. The first kappa shape index (κ1) is 19.2. The Morgan fingerprint density at radius 1 is 1.11 bits per heavy atom. The van der Waals surface area contributed by atoms with E-state index in [1.807, 2.05) is 13.1 Å². The molecule has 1 aliphatic rings. The van der Waals surface area contributed by atoms with Crippen LogP contribution >= 0.6 is 11.3 Å². The summed E-state index contributed by atoms with van der Waals surface area (Å²) in [5, 5.41) is 12.4. The van der Waals surface area contributed by atoms with Gasteiger partial charge >= 0.3 is 0 Å². The predicted octanol–water partition coefficient (Wildman–Crippen LogP) is 4.29. The number of hydrogen-bond donors (Lipinski definition) is 0. The van der Waals surface area contributed by atoms with E-state index in [4.69, 9.17) is 0 Å². The first-order chi connectivity index (χ1) is 13.5. The number of nitrogens with zero attached hydrogens (tertiary/aromatic N) is 4. The van der Waals surface area contributed by atoms with Crippen LogP contribution in [0.15, 0.2) is 30.5 Å². The lowest BCUT2D eigenvalue weighted by atomic mass is 9.82. The molecule has 0 atom stereocenters. The number of aromatic nitrogens is 3. The minimum absolute atomic E-state index is 0.185. The molecule has 0 saturated heterocycles. The van der Waals surface area contributed by atoms with Crippen LogP contribution < -0.4 is 0 Å². The van der Waals surface area contributed by atoms with E-state index in [1.165, 1.54) is 0 Å². The van der Waals surface area contributed by atoms with Crippen LogP contribution in [0.5, 0.6) is 0 Å². The van der Waals surface area contributed by atoms with Crippen LogP contribution in [-0.2, 0) is 11.2 Å². The Bertz CT molecular complexity index is 989. The van der Waals surface area contributed by atoms with Gasteiger partial charge in [0, 0.05) is 41.2 Å². The predicted molar refractivity (Wildman–Crippen MR) is 114 cm³/mol. The van der Waals surface area contributed by atoms with Crippen molar-refractivity contribution in [3.8, 4) is 10.6 Å². The fourth-order valence-corrected chi connectivity index (χ4v) is 4.75. The largest absolute Gasteiger partial charge is 0.306 e. The Morgan fingerprint density at radius 2 is 1.89 bits per heavy atom. The fraction of sp³-hybridized carbons (Fsp3) is 0.455. The maximum absolute atomic E-state index is 12.8. The highest BCUT2D eigenvalue weighted by Gasteiger charge is 2.27. The first-order valence-corrected chi connectivity index (χ1v) is 10.7. The molecule has 0 bridgehead atoms. The van der Waals surface area contributed by atoms with Crippen molar-refractivity contribution in [3.05, 3.63) is 41.2 Å². The van der Waals surface area contributed by atoms with Crippen LogP contribution in [0.1, 0.15) is 36.4 Å². The minimum atomic E-state index is 0.185. The molecule has 1 fully saturated rings. The zero-order valence-electron chi connectivity index (χ0n) is 16.7. The molecular formula is C22H26N4OS. The number of Topliss-reactive ketones (excluding diaryl/α,β-unsaturated/α-hetero) is 1. The van der Waals surface area contributed by atoms with Crippen molar-refractivity contribution < 1.29 is 4.79 Å². The summed E-state index contributed by atoms with van der Waals surface area (Å²) in [6, 6.07) is 8.90. The van der Waals surface area contributed by atoms with Crippen molar-refractivity contribution in [2.75, 3.05) is 14.1 Å². The van der Waals surface area contributed by atoms with Crippen molar-refractivity contribution in [2.45, 2.75) is 45.1 Å². The number of ketones is 1. The molecule has 0 amide bonds. The van der Waals surface area contributed by atoms with E-state index in [9.17, 15) is 4.79 Å². The molecule has 1 aromatic carbocycles. The maximum Gasteiger partial charge on any atom is 0.147 e. The molecule has 3 aromatic rings. The van der Waals surface area contributed by atoms with E-state index < -0.39 is 0 Å². The summed E-state index contributed by atoms with van der Waals surface area (Å²) in [6.07, 6.45) is 6.51. The normalized spacial score (nSPS) is 20.0. The number of aryl methyl sites for hydroxylation is 1. The summed E-state index contributed by atoms with van der Waals surface area (Å²) >= 11 is 1.59. The molecule has 0 spiro atoms. The fourth-order valence-electron chi connectivity index (χ4n) is 4.07. The molecule has 2 aromatic heterocycles. The van der Waals surface area contributed by atoms with Crippen molar-refractivity contribution >= 4 is 27.9 Å². The third-order valence-electron chi connectivity index (χ3n) is 5.79. The Balaban J connectivity index is 1.49. The van der Waals surface area contributed by atoms with Gasteiger partial charge in [-0.3, -0.25) is 9.78 Å². The summed E-state index contributed by atoms with van der Waals surface area (Å²) in [5.74, 6) is 0.518. The third-order valence-corrected chi connectivity index (χ3v) is 6.68. The van der Waals surface area contributed by atoms with Crippen LogP contribution in [0.3, 0.4) is 0 Å². The Kier molecular flexibility index (Phi) is 5.51. The van der Waals surface area contributed by atoms with Gasteiger partial charge in [0.05, 0.1) is 0 Å². The molecule has 6 heteroatoms. The Morgan fingerprint density at radius 3 is 2.57 bits per heavy atom. The number of benzene rings is 1. The molecule has 4 rings (SSSR count). The maximum atomic E-state index is 12.8. The highest BCUT2D eigenvalue weighted by molar-refractivity contribution is 7.14. The molecule has 1 aliphatic carbocycles. The van der Waals surface area contributed by atoms with Gasteiger partial charge in [-0.05, 0) is 64.2 Å². The second-order valence-corrected chi connectivity index (χ2v) is 9.16. The molecule has 5 nitrogen and oxygen atoms in total. The van der Waals surface area contributed by atoms with Crippen LogP contribution in [0.25, 0.3) is 21.3 Å². The molecule has 0 N–H and O–H groups in total. The minimum Gasteiger partial charge on any atom is -0.306 e. The lowest BCUT2D eigenvalue weighted by Crippen LogP contribution is -2.34. The lowest BCUT2D eigenvalue weighted by molar-refractivity contribution is -0.123. The van der Waals surface area contributed by atoms with E-state index >= 15 is 0 Å². The average molecular weight is 395 g/mol. The number of fused-ring (bicyclic) bond motifs is 1. The summed E-state index contributed by atoms with van der Waals surface area (Å²) in [7, 11) is 4.26. The van der Waals surface area contributed by atoms with Gasteiger partial charge in [0.25, 0.3) is 0 Å². The van der Waals surface area contributed by atoms with E-state index in [-0.39, 0.29) is 5.92 Å². The van der Waals surface area contributed by atoms with Gasteiger partial charge in [-0.15, -0.1) is 10.2 Å². The van der Waals surface area contributed by atoms with Gasteiger partial charge in [0.15, 0.2) is 0 Å². The standard InChI is InChI=1S/C22H26N4OS/c1-14-24-25-22(28-14)16-4-5-17-13-23-19(11-18(17)10-16)12-21(27)15-6-8-20(9-7-15)26(2)3/h4-5,10-11,13,15,20H,6-9,12H2,1-3H3. The van der Waals surface area contributed by atoms with Gasteiger partial charge < -0.3 is 4.90 Å². The quantitative estimate of drug-likeness (QED) is 0.646. The highest BCUT2D eigenvalue weighted by Crippen LogP contribution is 2.29. The summed E-state index contributed by atoms with van der Waals surface area (Å²) in [6.45, 7) is 1.96. The zero-order chi connectivity index (χ0) is 19.7. The number of rotatable bonds is 5. The zero-order valence-corrected chi connectivity index (χ0v) is 17.5. The summed E-state index contributed by atoms with van der Waals surface area (Å²) in [4.78, 5) is 19.6. The highest BCUT2D eigenvalue weighted by atomic mass is 32.1. The van der Waals surface area contributed by atoms with Gasteiger partial charge in [-0.1, -0.05) is 23.5 Å². The van der Waals surface area contributed by atoms with Gasteiger partial charge in [-0.2, -0.15) is 0 Å². The van der Waals surface area contributed by atoms with E-state index in [2.05, 4.69) is 58.4 Å². The van der Waals surface area contributed by atoms with Crippen molar-refractivity contribution in [3.63, 3.8) is 0 Å². The molecule has 0 radical (unpaired) electrons. The number of carbonyl (C=O) groups excluding carboxylic acids is 1. The molecule has 146 valence electrons. The van der Waals surface area contributed by atoms with Crippen molar-refractivity contribution in [1.82, 2.24) is 20.1 Å². The summed E-state index contributed by atoms with van der Waals surface area (Å²) in [5.41, 5.74) is 1.92. The Labute approximate surface area is 169 Å². The van der Waals surface area contributed by atoms with Crippen LogP contribution in [0, 0.1) is 12.8 Å². The van der Waals surface area contributed by atoms with Gasteiger partial charge in [0.1, 0.15) is 15.8 Å². The average Bonchev–Trinajstić information content (AvgIpc) is 3.14. The van der Waals surface area contributed by atoms with Crippen molar-refractivity contribution in [1.29, 1.82) is 0 Å². The van der Waals surface area contributed by atoms with Crippen LogP contribution in [0.4, 0.5) is 0 Å². The molecule has 1 saturated carbocycles. The lowest BCUT2D eigenvalue weighted by Gasteiger charge is -2.31. The van der Waals surface area contributed by atoms with Gasteiger partial charge in [-0.25, -0.2) is 0 Å². The second kappa shape index (κ2) is 8.05. The topological polar surface area (TPSA) is 59.0 Å². The molecule has 0 unspecified atom stereocenters. The van der Waals surface area contributed by atoms with E-state index in [1.54, 1.807) is 11.3 Å². The van der Waals surface area contributed by atoms with Crippen LogP contribution in [0.2, 0.25) is 0 Å². The van der Waals surface area contributed by atoms with Crippen molar-refractivity contribution in [2.24, 2.45) is 5.92 Å². The second-order valence-electron chi connectivity index (χ2n) is 7.98. The van der Waals surface area contributed by atoms with E-state index in [0.29, 0.717) is 18.2 Å². The Hall–Kier alpha value is -2.18. The number of carbonyl (C=O) groups is 1. The molecule has 28 heavy (non-hydrogen) atoms. The van der Waals surface area contributed by atoms with E-state index in [0.717, 1.165) is 57.7 Å². The monoisotopic (exact) mass is 394 g/mol. The first-order valence-electron chi connectivity index (χ1n) is 9.88. The van der Waals surface area contributed by atoms with Gasteiger partial charge in [0.2, 0.25) is 0 Å². The third kappa shape index (κ3) is 4.13. The number of hydrogen-bond acceptors (Lipinski definition) is 6.